The first-order chi connectivity index (χ1) is 20.2. The Morgan fingerprint density at radius 2 is 1.88 bits per heavy atom. The van der Waals surface area contributed by atoms with E-state index in [0.717, 1.165) is 75.8 Å². The summed E-state index contributed by atoms with van der Waals surface area (Å²) in [6.07, 6.45) is 3.10. The molecule has 4 heterocycles. The van der Waals surface area contributed by atoms with Gasteiger partial charge >= 0.3 is 6.18 Å². The second-order valence-electron chi connectivity index (χ2n) is 11.4. The van der Waals surface area contributed by atoms with Gasteiger partial charge in [-0.2, -0.15) is 13.2 Å². The van der Waals surface area contributed by atoms with Crippen LogP contribution in [0, 0.1) is 17.8 Å². The van der Waals surface area contributed by atoms with E-state index >= 15 is 0 Å². The molecule has 0 radical (unpaired) electrons. The van der Waals surface area contributed by atoms with Crippen LogP contribution in [-0.4, -0.2) is 72.5 Å². The van der Waals surface area contributed by atoms with Gasteiger partial charge < -0.3 is 24.8 Å². The van der Waals surface area contributed by atoms with E-state index in [0.29, 0.717) is 28.5 Å². The minimum absolute atomic E-state index is 0.153. The standard InChI is InChI=1S/C32H38F3N5O2/c1-39-15-10-26(11-16-39)38-31(41)29-8-7-27(21-37-29)36-14-2-3-28-20-25-19-24(5-4-23-12-17-42-18-13-23)6-9-30(25)40(28)22-32(33,34)35/h6-9,19-21,23,26,36H,4-5,10-18,22H2,1H3,(H,38,41). The second kappa shape index (κ2) is 13.6. The molecule has 2 N–H and O–H groups in total. The summed E-state index contributed by atoms with van der Waals surface area (Å²) >= 11 is 0. The zero-order chi connectivity index (χ0) is 29.5. The fourth-order valence-corrected chi connectivity index (χ4v) is 5.66. The van der Waals surface area contributed by atoms with Crippen LogP contribution in [-0.2, 0) is 17.7 Å². The maximum atomic E-state index is 13.4. The smallest absolute Gasteiger partial charge is 0.381 e. The number of alkyl halides is 3. The van der Waals surface area contributed by atoms with Gasteiger partial charge in [-0.15, -0.1) is 0 Å². The number of aromatic nitrogens is 2. The van der Waals surface area contributed by atoms with Crippen molar-refractivity contribution in [1.82, 2.24) is 19.8 Å². The van der Waals surface area contributed by atoms with Gasteiger partial charge in [-0.25, -0.2) is 4.98 Å². The number of piperidine rings is 1. The fourth-order valence-electron chi connectivity index (χ4n) is 5.66. The summed E-state index contributed by atoms with van der Waals surface area (Å²) in [5, 5.41) is 6.92. The van der Waals surface area contributed by atoms with Crippen molar-refractivity contribution >= 4 is 22.5 Å². The molecule has 10 heteroatoms. The van der Waals surface area contributed by atoms with Crippen LogP contribution in [0.3, 0.4) is 0 Å². The molecule has 1 aromatic carbocycles. The minimum atomic E-state index is -4.37. The Labute approximate surface area is 244 Å². The number of carbonyl (C=O) groups excluding carboxylic acids is 1. The molecule has 0 saturated carbocycles. The number of nitrogens with zero attached hydrogens (tertiary/aromatic N) is 3. The third-order valence-corrected chi connectivity index (χ3v) is 8.13. The maximum Gasteiger partial charge on any atom is 0.406 e. The lowest BCUT2D eigenvalue weighted by atomic mass is 9.92. The minimum Gasteiger partial charge on any atom is -0.381 e. The summed E-state index contributed by atoms with van der Waals surface area (Å²) in [7, 11) is 2.07. The molecule has 0 atom stereocenters. The van der Waals surface area contributed by atoms with Gasteiger partial charge in [0.1, 0.15) is 12.2 Å². The predicted octanol–water partition coefficient (Wildman–Crippen LogP) is 5.25. The van der Waals surface area contributed by atoms with Crippen LogP contribution < -0.4 is 10.6 Å². The van der Waals surface area contributed by atoms with Crippen molar-refractivity contribution in [3.8, 4) is 11.8 Å². The van der Waals surface area contributed by atoms with E-state index in [9.17, 15) is 18.0 Å². The summed E-state index contributed by atoms with van der Waals surface area (Å²) in [5.74, 6) is 6.30. The summed E-state index contributed by atoms with van der Waals surface area (Å²) in [4.78, 5) is 19.0. The first-order valence-corrected chi connectivity index (χ1v) is 14.7. The van der Waals surface area contributed by atoms with Gasteiger partial charge in [-0.1, -0.05) is 12.0 Å². The van der Waals surface area contributed by atoms with Crippen molar-refractivity contribution in [2.45, 2.75) is 57.3 Å². The van der Waals surface area contributed by atoms with Crippen LogP contribution in [0.1, 0.15) is 53.8 Å². The molecule has 224 valence electrons. The van der Waals surface area contributed by atoms with E-state index < -0.39 is 12.7 Å². The van der Waals surface area contributed by atoms with Gasteiger partial charge in [0, 0.05) is 30.2 Å². The number of likely N-dealkylation sites (tertiary alicyclic amines) is 1. The highest BCUT2D eigenvalue weighted by Crippen LogP contribution is 2.28. The molecule has 5 rings (SSSR count). The predicted molar refractivity (Wildman–Crippen MR) is 157 cm³/mol. The normalized spacial score (nSPS) is 17.1. The zero-order valence-electron chi connectivity index (χ0n) is 24.0. The van der Waals surface area contributed by atoms with Gasteiger partial charge in [-0.3, -0.25) is 4.79 Å². The first-order valence-electron chi connectivity index (χ1n) is 14.7. The quantitative estimate of drug-likeness (QED) is 0.356. The number of carbonyl (C=O) groups is 1. The number of pyridine rings is 1. The van der Waals surface area contributed by atoms with Crippen molar-refractivity contribution in [1.29, 1.82) is 0 Å². The van der Waals surface area contributed by atoms with Crippen LogP contribution in [0.25, 0.3) is 10.9 Å². The Balaban J connectivity index is 1.21. The van der Waals surface area contributed by atoms with E-state index in [4.69, 9.17) is 4.74 Å². The van der Waals surface area contributed by atoms with Crippen LogP contribution in [0.15, 0.2) is 42.6 Å². The third-order valence-electron chi connectivity index (χ3n) is 8.13. The molecule has 42 heavy (non-hydrogen) atoms. The number of hydrogen-bond donors (Lipinski definition) is 2. The van der Waals surface area contributed by atoms with E-state index in [1.807, 2.05) is 12.1 Å². The summed E-state index contributed by atoms with van der Waals surface area (Å²) in [5.41, 5.74) is 2.98. The Kier molecular flexibility index (Phi) is 9.70. The highest BCUT2D eigenvalue weighted by atomic mass is 19.4. The monoisotopic (exact) mass is 581 g/mol. The average Bonchev–Trinajstić information content (AvgIpc) is 3.31. The fraction of sp³-hybridized carbons (Fsp3) is 0.500. The Bertz CT molecular complexity index is 1410. The lowest BCUT2D eigenvalue weighted by Gasteiger charge is -2.29. The molecule has 0 spiro atoms. The van der Waals surface area contributed by atoms with Gasteiger partial charge in [0.2, 0.25) is 0 Å². The summed E-state index contributed by atoms with van der Waals surface area (Å²) in [6, 6.07) is 11.0. The van der Waals surface area contributed by atoms with E-state index in [1.165, 1.54) is 4.57 Å². The highest BCUT2D eigenvalue weighted by Gasteiger charge is 2.29. The maximum absolute atomic E-state index is 13.4. The third kappa shape index (κ3) is 8.26. The van der Waals surface area contributed by atoms with Crippen LogP contribution in [0.4, 0.5) is 18.9 Å². The van der Waals surface area contributed by atoms with Crippen LogP contribution >= 0.6 is 0 Å². The van der Waals surface area contributed by atoms with Crippen LogP contribution in [0.2, 0.25) is 0 Å². The van der Waals surface area contributed by atoms with Crippen molar-refractivity contribution in [2.24, 2.45) is 5.92 Å². The number of ether oxygens (including phenoxy) is 1. The number of halogens is 3. The SMILES string of the molecule is CN1CCC(NC(=O)c2ccc(NCC#Cc3cc4cc(CCC5CCOCC5)ccc4n3CC(F)(F)F)cn2)CC1. The number of hydrogen-bond acceptors (Lipinski definition) is 5. The van der Waals surface area contributed by atoms with Crippen molar-refractivity contribution in [2.75, 3.05) is 45.2 Å². The zero-order valence-corrected chi connectivity index (χ0v) is 24.0. The van der Waals surface area contributed by atoms with Crippen molar-refractivity contribution < 1.29 is 22.7 Å². The summed E-state index contributed by atoms with van der Waals surface area (Å²) < 4.78 is 47.0. The van der Waals surface area contributed by atoms with E-state index in [2.05, 4.69) is 39.4 Å². The van der Waals surface area contributed by atoms with Crippen molar-refractivity contribution in [3.63, 3.8) is 0 Å². The average molecular weight is 582 g/mol. The molecular formula is C32H38F3N5O2. The molecule has 3 aromatic rings. The number of fused-ring (bicyclic) bond motifs is 1. The molecule has 0 aliphatic carbocycles. The highest BCUT2D eigenvalue weighted by molar-refractivity contribution is 5.92. The first kappa shape index (κ1) is 29.9. The number of amides is 1. The van der Waals surface area contributed by atoms with E-state index in [-0.39, 0.29) is 18.5 Å². The van der Waals surface area contributed by atoms with Gasteiger partial charge in [-0.05, 0) is 106 Å². The molecule has 0 bridgehead atoms. The number of aryl methyl sites for hydroxylation is 1. The van der Waals surface area contributed by atoms with Gasteiger partial charge in [0.05, 0.1) is 24.1 Å². The molecule has 1 amide bonds. The second-order valence-corrected chi connectivity index (χ2v) is 11.4. The van der Waals surface area contributed by atoms with Crippen LogP contribution in [0.5, 0.6) is 0 Å². The Morgan fingerprint density at radius 1 is 1.10 bits per heavy atom. The molecule has 2 saturated heterocycles. The lowest BCUT2D eigenvalue weighted by molar-refractivity contribution is -0.140. The number of rotatable bonds is 8. The molecule has 0 unspecified atom stereocenters. The number of nitrogens with one attached hydrogen (secondary N) is 2. The Hall–Kier alpha value is -3.55. The largest absolute Gasteiger partial charge is 0.406 e. The van der Waals surface area contributed by atoms with E-state index in [1.54, 1.807) is 30.5 Å². The topological polar surface area (TPSA) is 71.4 Å². The van der Waals surface area contributed by atoms with Gasteiger partial charge in [0.15, 0.2) is 0 Å². The summed E-state index contributed by atoms with van der Waals surface area (Å²) in [6.45, 7) is 2.64. The molecule has 2 aromatic heterocycles. The number of anilines is 1. The molecule has 7 nitrogen and oxygen atoms in total. The molecule has 2 fully saturated rings. The number of benzene rings is 1. The van der Waals surface area contributed by atoms with Gasteiger partial charge in [0.25, 0.3) is 5.91 Å². The van der Waals surface area contributed by atoms with Crippen molar-refractivity contribution in [3.05, 3.63) is 59.5 Å². The molecule has 2 aliphatic heterocycles. The lowest BCUT2D eigenvalue weighted by Crippen LogP contribution is -2.43. The Morgan fingerprint density at radius 3 is 2.60 bits per heavy atom. The molecular weight excluding hydrogens is 543 g/mol. The molecule has 2 aliphatic rings.